The Morgan fingerprint density at radius 1 is 1.27 bits per heavy atom. The Balaban J connectivity index is 3.18. The minimum atomic E-state index is -4.73. The van der Waals surface area contributed by atoms with Gasteiger partial charge in [-0.25, -0.2) is 8.78 Å². The van der Waals surface area contributed by atoms with Gasteiger partial charge in [-0.1, -0.05) is 0 Å². The summed E-state index contributed by atoms with van der Waals surface area (Å²) >= 11 is 0. The van der Waals surface area contributed by atoms with Gasteiger partial charge in [0.2, 0.25) is 0 Å². The van der Waals surface area contributed by atoms with Crippen LogP contribution in [0.1, 0.15) is 17.3 Å². The van der Waals surface area contributed by atoms with Crippen LogP contribution in [0.2, 0.25) is 0 Å². The Bertz CT molecular complexity index is 336. The van der Waals surface area contributed by atoms with Crippen molar-refractivity contribution in [1.82, 2.24) is 4.98 Å². The smallest absolute Gasteiger partial charge is 0.318 e. The van der Waals surface area contributed by atoms with Crippen LogP contribution >= 0.6 is 0 Å². The van der Waals surface area contributed by atoms with Gasteiger partial charge < -0.3 is 5.73 Å². The highest BCUT2D eigenvalue weighted by Gasteiger charge is 2.37. The summed E-state index contributed by atoms with van der Waals surface area (Å²) in [5, 5.41) is 0. The van der Waals surface area contributed by atoms with Crippen molar-refractivity contribution >= 4 is 0 Å². The van der Waals surface area contributed by atoms with Gasteiger partial charge in [-0.2, -0.15) is 13.2 Å². The molecule has 1 heterocycles. The predicted octanol–water partition coefficient (Wildman–Crippen LogP) is 2.37. The second-order valence-electron chi connectivity index (χ2n) is 2.79. The molecule has 0 saturated carbocycles. The number of rotatable bonds is 2. The molecule has 0 aromatic carbocycles. The van der Waals surface area contributed by atoms with Crippen molar-refractivity contribution in [2.45, 2.75) is 18.6 Å². The van der Waals surface area contributed by atoms with Crippen molar-refractivity contribution in [3.63, 3.8) is 0 Å². The molecule has 0 amide bonds. The molecule has 0 spiro atoms. The lowest BCUT2D eigenvalue weighted by atomic mass is 10.1. The Morgan fingerprint density at radius 2 is 1.87 bits per heavy atom. The van der Waals surface area contributed by atoms with Gasteiger partial charge in [-0.15, -0.1) is 0 Å². The molecule has 0 aliphatic heterocycles. The van der Waals surface area contributed by atoms with E-state index in [1.54, 1.807) is 0 Å². The maximum absolute atomic E-state index is 12.3. The maximum Gasteiger partial charge on any atom is 0.418 e. The molecule has 15 heavy (non-hydrogen) atoms. The summed E-state index contributed by atoms with van der Waals surface area (Å²) in [5.41, 5.74) is 2.87. The number of pyridine rings is 1. The third-order valence-corrected chi connectivity index (χ3v) is 1.73. The first-order valence-electron chi connectivity index (χ1n) is 3.90. The fourth-order valence-electron chi connectivity index (χ4n) is 1.04. The summed E-state index contributed by atoms with van der Waals surface area (Å²) in [6.45, 7) is 0. The van der Waals surface area contributed by atoms with Gasteiger partial charge in [0.05, 0.1) is 11.3 Å². The highest BCUT2D eigenvalue weighted by Crippen LogP contribution is 2.34. The van der Waals surface area contributed by atoms with Crippen LogP contribution in [0.4, 0.5) is 22.0 Å². The molecule has 84 valence electrons. The minimum absolute atomic E-state index is 0.671. The molecule has 1 aromatic rings. The molecule has 1 atom stereocenters. The Labute approximate surface area is 81.9 Å². The fraction of sp³-hybridized carbons (Fsp3) is 0.375. The van der Waals surface area contributed by atoms with E-state index in [1.807, 2.05) is 0 Å². The van der Waals surface area contributed by atoms with E-state index in [-0.39, 0.29) is 0 Å². The lowest BCUT2D eigenvalue weighted by Crippen LogP contribution is -2.24. The second-order valence-corrected chi connectivity index (χ2v) is 2.79. The topological polar surface area (TPSA) is 38.9 Å². The van der Waals surface area contributed by atoms with E-state index in [2.05, 4.69) is 4.98 Å². The molecule has 2 nitrogen and oxygen atoms in total. The van der Waals surface area contributed by atoms with Crippen LogP contribution in [0.3, 0.4) is 0 Å². The highest BCUT2D eigenvalue weighted by molar-refractivity contribution is 5.25. The van der Waals surface area contributed by atoms with Gasteiger partial charge in [0, 0.05) is 6.20 Å². The van der Waals surface area contributed by atoms with Crippen molar-refractivity contribution in [3.8, 4) is 0 Å². The van der Waals surface area contributed by atoms with Crippen molar-refractivity contribution in [2.24, 2.45) is 5.73 Å². The van der Waals surface area contributed by atoms with Crippen molar-refractivity contribution in [3.05, 3.63) is 29.6 Å². The Kier molecular flexibility index (Phi) is 3.23. The van der Waals surface area contributed by atoms with Crippen LogP contribution < -0.4 is 5.73 Å². The molecule has 7 heteroatoms. The van der Waals surface area contributed by atoms with Crippen molar-refractivity contribution in [2.75, 3.05) is 0 Å². The SMILES string of the molecule is NC(c1ncccc1C(F)(F)F)C(F)F. The highest BCUT2D eigenvalue weighted by atomic mass is 19.4. The molecule has 1 unspecified atom stereocenters. The van der Waals surface area contributed by atoms with Gasteiger partial charge in [0.15, 0.2) is 0 Å². The summed E-state index contributed by atoms with van der Waals surface area (Å²) < 4.78 is 61.3. The molecule has 2 N–H and O–H groups in total. The van der Waals surface area contributed by atoms with Crippen LogP contribution in [-0.2, 0) is 6.18 Å². The molecule has 0 aliphatic carbocycles. The molecule has 1 aromatic heterocycles. The van der Waals surface area contributed by atoms with Crippen LogP contribution in [0.5, 0.6) is 0 Å². The Hall–Kier alpha value is -1.24. The first-order valence-corrected chi connectivity index (χ1v) is 3.90. The van der Waals surface area contributed by atoms with E-state index >= 15 is 0 Å². The zero-order valence-corrected chi connectivity index (χ0v) is 7.30. The normalized spacial score (nSPS) is 14.3. The summed E-state index contributed by atoms with van der Waals surface area (Å²) in [6, 6.07) is -0.336. The van der Waals surface area contributed by atoms with E-state index in [0.29, 0.717) is 6.07 Å². The Morgan fingerprint density at radius 3 is 2.33 bits per heavy atom. The zero-order chi connectivity index (χ0) is 11.6. The number of aromatic nitrogens is 1. The lowest BCUT2D eigenvalue weighted by Gasteiger charge is -2.15. The molecule has 0 radical (unpaired) electrons. The quantitative estimate of drug-likeness (QED) is 0.786. The predicted molar refractivity (Wildman–Crippen MR) is 42.2 cm³/mol. The minimum Gasteiger partial charge on any atom is -0.318 e. The molecule has 0 fully saturated rings. The first-order chi connectivity index (χ1) is 6.84. The van der Waals surface area contributed by atoms with Gasteiger partial charge in [0.25, 0.3) is 6.43 Å². The van der Waals surface area contributed by atoms with Gasteiger partial charge in [-0.3, -0.25) is 4.98 Å². The average molecular weight is 226 g/mol. The molecule has 0 saturated heterocycles. The second kappa shape index (κ2) is 4.09. The van der Waals surface area contributed by atoms with E-state index in [1.165, 1.54) is 0 Å². The number of alkyl halides is 5. The average Bonchev–Trinajstić information content (AvgIpc) is 2.15. The summed E-state index contributed by atoms with van der Waals surface area (Å²) in [6.07, 6.45) is -6.82. The van der Waals surface area contributed by atoms with Crippen LogP contribution in [0.15, 0.2) is 18.3 Å². The third-order valence-electron chi connectivity index (χ3n) is 1.73. The molecular weight excluding hydrogens is 219 g/mol. The van der Waals surface area contributed by atoms with E-state index in [4.69, 9.17) is 5.73 Å². The molecular formula is C8H7F5N2. The van der Waals surface area contributed by atoms with E-state index < -0.39 is 29.9 Å². The monoisotopic (exact) mass is 226 g/mol. The standard InChI is InChI=1S/C8H7F5N2/c9-7(10)5(14)6-4(8(11,12)13)2-1-3-15-6/h1-3,5,7H,14H2. The fourth-order valence-corrected chi connectivity index (χ4v) is 1.04. The van der Waals surface area contributed by atoms with Crippen LogP contribution in [-0.4, -0.2) is 11.4 Å². The van der Waals surface area contributed by atoms with Crippen molar-refractivity contribution < 1.29 is 22.0 Å². The number of hydrogen-bond acceptors (Lipinski definition) is 2. The van der Waals surface area contributed by atoms with Crippen LogP contribution in [0.25, 0.3) is 0 Å². The maximum atomic E-state index is 12.3. The summed E-state index contributed by atoms with van der Waals surface area (Å²) in [7, 11) is 0. The largest absolute Gasteiger partial charge is 0.418 e. The number of nitrogens with zero attached hydrogens (tertiary/aromatic N) is 1. The number of nitrogens with two attached hydrogens (primary N) is 1. The van der Waals surface area contributed by atoms with E-state index in [0.717, 1.165) is 12.3 Å². The van der Waals surface area contributed by atoms with Gasteiger partial charge >= 0.3 is 6.18 Å². The summed E-state index contributed by atoms with van der Waals surface area (Å²) in [4.78, 5) is 3.24. The molecule has 0 bridgehead atoms. The van der Waals surface area contributed by atoms with Gasteiger partial charge in [0.1, 0.15) is 6.04 Å². The van der Waals surface area contributed by atoms with Crippen molar-refractivity contribution in [1.29, 1.82) is 0 Å². The molecule has 0 aliphatic rings. The molecule has 1 rings (SSSR count). The third kappa shape index (κ3) is 2.62. The van der Waals surface area contributed by atoms with Crippen LogP contribution in [0, 0.1) is 0 Å². The summed E-state index contributed by atoms with van der Waals surface area (Å²) in [5.74, 6) is 0. The van der Waals surface area contributed by atoms with E-state index in [9.17, 15) is 22.0 Å². The van der Waals surface area contributed by atoms with Gasteiger partial charge in [-0.05, 0) is 12.1 Å². The lowest BCUT2D eigenvalue weighted by molar-refractivity contribution is -0.139. The number of hydrogen-bond donors (Lipinski definition) is 1. The zero-order valence-electron chi connectivity index (χ0n) is 7.30. The number of halogens is 5. The first kappa shape index (κ1) is 11.8.